The fourth-order valence-corrected chi connectivity index (χ4v) is 2.57. The van der Waals surface area contributed by atoms with Crippen molar-refractivity contribution in [3.63, 3.8) is 0 Å². The molecule has 114 valence electrons. The fraction of sp³-hybridized carbons (Fsp3) is 0.222. The van der Waals surface area contributed by atoms with Crippen molar-refractivity contribution in [1.29, 1.82) is 0 Å². The molecule has 0 aliphatic heterocycles. The third-order valence-electron chi connectivity index (χ3n) is 3.55. The first-order valence-electron chi connectivity index (χ1n) is 7.30. The van der Waals surface area contributed by atoms with Crippen LogP contribution in [0.2, 0.25) is 0 Å². The Bertz CT molecular complexity index is 758. The summed E-state index contributed by atoms with van der Waals surface area (Å²) in [7, 11) is 0. The zero-order chi connectivity index (χ0) is 15.6. The van der Waals surface area contributed by atoms with Crippen LogP contribution in [-0.4, -0.2) is 15.8 Å². The molecule has 1 atom stereocenters. The molecule has 3 rings (SSSR count). The maximum atomic E-state index is 9.80. The minimum absolute atomic E-state index is 0.384. The lowest BCUT2D eigenvalue weighted by atomic mass is 10.0. The van der Waals surface area contributed by atoms with E-state index in [9.17, 15) is 5.11 Å². The lowest BCUT2D eigenvalue weighted by molar-refractivity contribution is 0.0680. The predicted octanol–water partition coefficient (Wildman–Crippen LogP) is 2.96. The van der Waals surface area contributed by atoms with Gasteiger partial charge in [0, 0.05) is 18.0 Å². The summed E-state index contributed by atoms with van der Waals surface area (Å²) >= 11 is 0. The van der Waals surface area contributed by atoms with Crippen LogP contribution in [0.5, 0.6) is 5.75 Å². The molecular formula is C18H20N2O2. The third kappa shape index (κ3) is 3.30. The van der Waals surface area contributed by atoms with Gasteiger partial charge >= 0.3 is 0 Å². The Labute approximate surface area is 129 Å². The predicted molar refractivity (Wildman–Crippen MR) is 87.6 cm³/mol. The molecule has 0 aliphatic carbocycles. The van der Waals surface area contributed by atoms with Crippen LogP contribution < -0.4 is 10.5 Å². The van der Waals surface area contributed by atoms with Gasteiger partial charge in [0.25, 0.3) is 0 Å². The largest absolute Gasteiger partial charge is 0.487 e. The molecule has 4 nitrogen and oxygen atoms in total. The van der Waals surface area contributed by atoms with E-state index in [0.717, 1.165) is 27.8 Å². The van der Waals surface area contributed by atoms with Crippen molar-refractivity contribution in [1.82, 2.24) is 4.98 Å². The van der Waals surface area contributed by atoms with E-state index in [2.05, 4.69) is 4.98 Å². The van der Waals surface area contributed by atoms with Crippen LogP contribution >= 0.6 is 0 Å². The number of aromatic amines is 1. The van der Waals surface area contributed by atoms with E-state index in [-0.39, 0.29) is 0 Å². The number of para-hydroxylation sites is 1. The van der Waals surface area contributed by atoms with E-state index in [1.165, 1.54) is 0 Å². The Morgan fingerprint density at radius 1 is 1.14 bits per heavy atom. The molecule has 0 radical (unpaired) electrons. The van der Waals surface area contributed by atoms with Crippen molar-refractivity contribution in [2.75, 3.05) is 0 Å². The highest BCUT2D eigenvalue weighted by Gasteiger charge is 2.17. The molecule has 0 spiro atoms. The summed E-state index contributed by atoms with van der Waals surface area (Å²) in [5.74, 6) is 0.796. The van der Waals surface area contributed by atoms with Gasteiger partial charge in [-0.25, -0.2) is 0 Å². The van der Waals surface area contributed by atoms with Crippen LogP contribution in [0.25, 0.3) is 10.9 Å². The number of fused-ring (bicyclic) bond motifs is 1. The molecule has 1 aromatic heterocycles. The lowest BCUT2D eigenvalue weighted by Gasteiger charge is -2.16. The zero-order valence-electron chi connectivity index (χ0n) is 12.5. The van der Waals surface area contributed by atoms with Gasteiger partial charge in [0.05, 0.1) is 5.52 Å². The van der Waals surface area contributed by atoms with Crippen LogP contribution in [0.1, 0.15) is 18.1 Å². The van der Waals surface area contributed by atoms with E-state index in [0.29, 0.717) is 13.0 Å². The van der Waals surface area contributed by atoms with Crippen molar-refractivity contribution < 1.29 is 9.84 Å². The molecule has 22 heavy (non-hydrogen) atoms. The van der Waals surface area contributed by atoms with Gasteiger partial charge < -0.3 is 20.6 Å². The number of aliphatic hydroxyl groups is 1. The van der Waals surface area contributed by atoms with E-state index in [1.54, 1.807) is 6.92 Å². The Kier molecular flexibility index (Phi) is 3.88. The molecule has 0 bridgehead atoms. The second-order valence-corrected chi connectivity index (χ2v) is 5.80. The third-order valence-corrected chi connectivity index (χ3v) is 3.55. The topological polar surface area (TPSA) is 71.3 Å². The molecule has 0 aliphatic rings. The average molecular weight is 296 g/mol. The van der Waals surface area contributed by atoms with Crippen molar-refractivity contribution in [2.24, 2.45) is 5.73 Å². The Morgan fingerprint density at radius 2 is 1.91 bits per heavy atom. The van der Waals surface area contributed by atoms with Gasteiger partial charge in [-0.1, -0.05) is 42.5 Å². The highest BCUT2D eigenvalue weighted by Crippen LogP contribution is 2.29. The normalized spacial score (nSPS) is 14.0. The van der Waals surface area contributed by atoms with Gasteiger partial charge in [-0.05, 0) is 24.1 Å². The molecule has 0 amide bonds. The smallest absolute Gasteiger partial charge is 0.143 e. The van der Waals surface area contributed by atoms with Gasteiger partial charge in [0.2, 0.25) is 0 Å². The molecular weight excluding hydrogens is 276 g/mol. The molecule has 2 aromatic carbocycles. The van der Waals surface area contributed by atoms with Gasteiger partial charge in [-0.2, -0.15) is 0 Å². The lowest BCUT2D eigenvalue weighted by Crippen LogP contribution is -2.37. The molecule has 1 heterocycles. The highest BCUT2D eigenvalue weighted by atomic mass is 16.5. The van der Waals surface area contributed by atoms with Crippen LogP contribution in [0.4, 0.5) is 0 Å². The number of H-pyrrole nitrogens is 1. The second-order valence-electron chi connectivity index (χ2n) is 5.80. The number of aromatic nitrogens is 1. The minimum Gasteiger partial charge on any atom is -0.487 e. The Hall–Kier alpha value is -2.30. The highest BCUT2D eigenvalue weighted by molar-refractivity contribution is 5.88. The molecule has 0 fully saturated rings. The number of ether oxygens (including phenoxy) is 1. The standard InChI is InChI=1S/C18H20N2O2/c1-18(19,21)10-14-11-20-17-15(14)8-5-9-16(17)22-12-13-6-3-2-4-7-13/h2-9,11,20-21H,10,12,19H2,1H3/t18-/m0/s1. The number of hydrogen-bond donors (Lipinski definition) is 3. The zero-order valence-corrected chi connectivity index (χ0v) is 12.5. The molecule has 4 heteroatoms. The molecule has 4 N–H and O–H groups in total. The van der Waals surface area contributed by atoms with E-state index < -0.39 is 5.72 Å². The molecule has 3 aromatic rings. The van der Waals surface area contributed by atoms with Crippen molar-refractivity contribution in [3.8, 4) is 5.75 Å². The van der Waals surface area contributed by atoms with Gasteiger partial charge in [0.1, 0.15) is 18.1 Å². The minimum atomic E-state index is -1.23. The van der Waals surface area contributed by atoms with E-state index in [4.69, 9.17) is 10.5 Å². The number of nitrogens with two attached hydrogens (primary N) is 1. The quantitative estimate of drug-likeness (QED) is 0.634. The maximum Gasteiger partial charge on any atom is 0.143 e. The number of benzene rings is 2. The summed E-state index contributed by atoms with van der Waals surface area (Å²) in [6.07, 6.45) is 2.26. The van der Waals surface area contributed by atoms with Crippen molar-refractivity contribution >= 4 is 10.9 Å². The van der Waals surface area contributed by atoms with Crippen LogP contribution in [0.3, 0.4) is 0 Å². The summed E-state index contributed by atoms with van der Waals surface area (Å²) in [6, 6.07) is 15.9. The average Bonchev–Trinajstić information content (AvgIpc) is 2.88. The Morgan fingerprint density at radius 3 is 2.64 bits per heavy atom. The van der Waals surface area contributed by atoms with Crippen molar-refractivity contribution in [3.05, 3.63) is 65.9 Å². The first-order valence-corrected chi connectivity index (χ1v) is 7.30. The molecule has 0 unspecified atom stereocenters. The van der Waals surface area contributed by atoms with E-state index in [1.807, 2.05) is 54.7 Å². The molecule has 0 saturated carbocycles. The maximum absolute atomic E-state index is 9.80. The first kappa shape index (κ1) is 14.6. The summed E-state index contributed by atoms with van der Waals surface area (Å²) in [5.41, 5.74) is 7.50. The summed E-state index contributed by atoms with van der Waals surface area (Å²) in [4.78, 5) is 3.22. The van der Waals surface area contributed by atoms with Crippen LogP contribution in [0.15, 0.2) is 54.7 Å². The van der Waals surface area contributed by atoms with Crippen LogP contribution in [-0.2, 0) is 13.0 Å². The summed E-state index contributed by atoms with van der Waals surface area (Å²) in [6.45, 7) is 2.12. The first-order chi connectivity index (χ1) is 10.5. The fourth-order valence-electron chi connectivity index (χ4n) is 2.57. The second kappa shape index (κ2) is 5.83. The number of hydrogen-bond acceptors (Lipinski definition) is 3. The van der Waals surface area contributed by atoms with Crippen LogP contribution in [0, 0.1) is 0 Å². The summed E-state index contributed by atoms with van der Waals surface area (Å²) in [5, 5.41) is 10.8. The SMILES string of the molecule is C[C@](N)(O)Cc1c[nH]c2c(OCc3ccccc3)cccc12. The van der Waals surface area contributed by atoms with Gasteiger partial charge in [-0.3, -0.25) is 0 Å². The van der Waals surface area contributed by atoms with Gasteiger partial charge in [-0.15, -0.1) is 0 Å². The Balaban J connectivity index is 1.85. The monoisotopic (exact) mass is 296 g/mol. The van der Waals surface area contributed by atoms with E-state index >= 15 is 0 Å². The van der Waals surface area contributed by atoms with Crippen molar-refractivity contribution in [2.45, 2.75) is 25.7 Å². The number of rotatable bonds is 5. The van der Waals surface area contributed by atoms with Gasteiger partial charge in [0.15, 0.2) is 0 Å². The molecule has 0 saturated heterocycles. The summed E-state index contributed by atoms with van der Waals surface area (Å²) < 4.78 is 5.92. The number of nitrogens with one attached hydrogen (secondary N) is 1.